The van der Waals surface area contributed by atoms with Crippen molar-refractivity contribution in [2.24, 2.45) is 11.3 Å². The van der Waals surface area contributed by atoms with Gasteiger partial charge in [0.25, 0.3) is 0 Å². The molecule has 0 saturated heterocycles. The Bertz CT molecular complexity index is 208. The molecular weight excluding hydrogens is 208 g/mol. The zero-order valence-corrected chi connectivity index (χ0v) is 10.6. The molecule has 0 radical (unpaired) electrons. The van der Waals surface area contributed by atoms with Gasteiger partial charge in [0.05, 0.1) is 6.42 Å². The van der Waals surface area contributed by atoms with Gasteiger partial charge in [0, 0.05) is 0 Å². The quantitative estimate of drug-likeness (QED) is 0.694. The minimum absolute atomic E-state index is 0.169. The van der Waals surface area contributed by atoms with E-state index in [0.29, 0.717) is 6.42 Å². The fraction of sp³-hybridized carbons (Fsp3) is 0.917. The molecule has 0 aromatic rings. The van der Waals surface area contributed by atoms with Crippen molar-refractivity contribution in [1.29, 1.82) is 0 Å². The molecule has 1 aliphatic rings. The van der Waals surface area contributed by atoms with Crippen molar-refractivity contribution in [3.05, 3.63) is 0 Å². The van der Waals surface area contributed by atoms with Gasteiger partial charge in [0.2, 0.25) is 0 Å². The van der Waals surface area contributed by atoms with Gasteiger partial charge in [0.15, 0.2) is 0 Å². The van der Waals surface area contributed by atoms with Crippen LogP contribution in [-0.4, -0.2) is 22.6 Å². The molecule has 1 aliphatic carbocycles. The van der Waals surface area contributed by atoms with Crippen LogP contribution in [0, 0.1) is 11.3 Å². The molecule has 1 fully saturated rings. The highest BCUT2D eigenvalue weighted by molar-refractivity contribution is 7.99. The van der Waals surface area contributed by atoms with E-state index in [4.69, 9.17) is 5.11 Å². The van der Waals surface area contributed by atoms with E-state index in [9.17, 15) is 4.79 Å². The SMILES string of the molecule is CCC(CC)CSCC1(CC(=O)O)CC1. The number of carboxylic acids is 1. The first-order valence-electron chi connectivity index (χ1n) is 5.91. The molecule has 15 heavy (non-hydrogen) atoms. The molecule has 0 bridgehead atoms. The third-order valence-electron chi connectivity index (χ3n) is 3.40. The summed E-state index contributed by atoms with van der Waals surface area (Å²) < 4.78 is 0. The average Bonchev–Trinajstić information content (AvgIpc) is 2.92. The Morgan fingerprint density at radius 1 is 1.40 bits per heavy atom. The number of hydrogen-bond acceptors (Lipinski definition) is 2. The predicted molar refractivity (Wildman–Crippen MR) is 65.3 cm³/mol. The predicted octanol–water partition coefficient (Wildman–Crippen LogP) is 3.41. The van der Waals surface area contributed by atoms with Crippen molar-refractivity contribution in [2.75, 3.05) is 11.5 Å². The fourth-order valence-corrected chi connectivity index (χ4v) is 3.58. The van der Waals surface area contributed by atoms with Gasteiger partial charge in [-0.15, -0.1) is 0 Å². The minimum atomic E-state index is -0.629. The third kappa shape index (κ3) is 4.45. The molecule has 0 spiro atoms. The zero-order valence-electron chi connectivity index (χ0n) is 9.79. The van der Waals surface area contributed by atoms with Crippen LogP contribution in [0.15, 0.2) is 0 Å². The van der Waals surface area contributed by atoms with Crippen LogP contribution in [0.1, 0.15) is 46.0 Å². The maximum absolute atomic E-state index is 10.7. The van der Waals surface area contributed by atoms with Gasteiger partial charge in [-0.05, 0) is 35.7 Å². The second kappa shape index (κ2) is 5.78. The number of thioether (sulfide) groups is 1. The van der Waals surface area contributed by atoms with E-state index in [1.165, 1.54) is 18.6 Å². The first-order valence-corrected chi connectivity index (χ1v) is 7.07. The lowest BCUT2D eigenvalue weighted by atomic mass is 10.1. The van der Waals surface area contributed by atoms with Crippen LogP contribution in [0.5, 0.6) is 0 Å². The lowest BCUT2D eigenvalue weighted by molar-refractivity contribution is -0.138. The molecule has 0 aromatic heterocycles. The Morgan fingerprint density at radius 3 is 2.40 bits per heavy atom. The number of hydrogen-bond donors (Lipinski definition) is 1. The first-order chi connectivity index (χ1) is 7.12. The van der Waals surface area contributed by atoms with Gasteiger partial charge in [-0.3, -0.25) is 4.79 Å². The molecule has 1 N–H and O–H groups in total. The summed E-state index contributed by atoms with van der Waals surface area (Å²) >= 11 is 1.96. The monoisotopic (exact) mass is 230 g/mol. The van der Waals surface area contributed by atoms with Crippen LogP contribution in [0.25, 0.3) is 0 Å². The molecule has 0 amide bonds. The molecule has 2 nitrogen and oxygen atoms in total. The summed E-state index contributed by atoms with van der Waals surface area (Å²) in [7, 11) is 0. The Morgan fingerprint density at radius 2 is 2.00 bits per heavy atom. The Kier molecular flexibility index (Phi) is 4.97. The standard InChI is InChI=1S/C12H22O2S/c1-3-10(4-2)8-15-9-12(5-6-12)7-11(13)14/h10H,3-9H2,1-2H3,(H,13,14). The number of rotatable bonds is 8. The molecular formula is C12H22O2S. The minimum Gasteiger partial charge on any atom is -0.481 e. The molecule has 3 heteroatoms. The van der Waals surface area contributed by atoms with Crippen LogP contribution >= 0.6 is 11.8 Å². The van der Waals surface area contributed by atoms with Crippen molar-refractivity contribution in [3.63, 3.8) is 0 Å². The van der Waals surface area contributed by atoms with Crippen LogP contribution in [0.2, 0.25) is 0 Å². The van der Waals surface area contributed by atoms with Gasteiger partial charge in [-0.1, -0.05) is 26.7 Å². The molecule has 1 rings (SSSR count). The van der Waals surface area contributed by atoms with E-state index in [-0.39, 0.29) is 5.41 Å². The Balaban J connectivity index is 2.16. The molecule has 0 aliphatic heterocycles. The van der Waals surface area contributed by atoms with Crippen molar-refractivity contribution in [2.45, 2.75) is 46.0 Å². The lowest BCUT2D eigenvalue weighted by Gasteiger charge is -2.15. The summed E-state index contributed by atoms with van der Waals surface area (Å²) in [6.45, 7) is 4.47. The van der Waals surface area contributed by atoms with Gasteiger partial charge >= 0.3 is 5.97 Å². The van der Waals surface area contributed by atoms with Crippen LogP contribution < -0.4 is 0 Å². The van der Waals surface area contributed by atoms with Crippen LogP contribution in [0.3, 0.4) is 0 Å². The second-order valence-corrected chi connectivity index (χ2v) is 5.80. The van der Waals surface area contributed by atoms with Crippen LogP contribution in [0.4, 0.5) is 0 Å². The van der Waals surface area contributed by atoms with E-state index in [1.54, 1.807) is 0 Å². The highest BCUT2D eigenvalue weighted by atomic mass is 32.2. The van der Waals surface area contributed by atoms with E-state index in [2.05, 4.69) is 13.8 Å². The van der Waals surface area contributed by atoms with Crippen molar-refractivity contribution in [3.8, 4) is 0 Å². The summed E-state index contributed by atoms with van der Waals surface area (Å²) in [6.07, 6.45) is 5.11. The van der Waals surface area contributed by atoms with Crippen molar-refractivity contribution in [1.82, 2.24) is 0 Å². The maximum atomic E-state index is 10.7. The normalized spacial score (nSPS) is 18.1. The molecule has 1 saturated carbocycles. The topological polar surface area (TPSA) is 37.3 Å². The van der Waals surface area contributed by atoms with Gasteiger partial charge in [-0.25, -0.2) is 0 Å². The zero-order chi connectivity index (χ0) is 11.3. The largest absolute Gasteiger partial charge is 0.481 e. The summed E-state index contributed by atoms with van der Waals surface area (Å²) in [5.74, 6) is 2.44. The van der Waals surface area contributed by atoms with Gasteiger partial charge in [0.1, 0.15) is 0 Å². The summed E-state index contributed by atoms with van der Waals surface area (Å²) in [4.78, 5) is 10.7. The van der Waals surface area contributed by atoms with Gasteiger partial charge < -0.3 is 5.11 Å². The van der Waals surface area contributed by atoms with E-state index < -0.39 is 5.97 Å². The Labute approximate surface area is 96.8 Å². The van der Waals surface area contributed by atoms with Crippen molar-refractivity contribution >= 4 is 17.7 Å². The number of carboxylic acid groups (broad SMARTS) is 1. The lowest BCUT2D eigenvalue weighted by Crippen LogP contribution is -2.12. The van der Waals surface area contributed by atoms with Crippen molar-refractivity contribution < 1.29 is 9.90 Å². The molecule has 0 heterocycles. The first kappa shape index (κ1) is 12.9. The second-order valence-electron chi connectivity index (χ2n) is 4.77. The summed E-state index contributed by atoms with van der Waals surface area (Å²) in [6, 6.07) is 0. The third-order valence-corrected chi connectivity index (χ3v) is 4.92. The average molecular weight is 230 g/mol. The highest BCUT2D eigenvalue weighted by Crippen LogP contribution is 2.51. The summed E-state index contributed by atoms with van der Waals surface area (Å²) in [5, 5.41) is 8.78. The molecule has 0 atom stereocenters. The van der Waals surface area contributed by atoms with Crippen LogP contribution in [-0.2, 0) is 4.79 Å². The molecule has 0 unspecified atom stereocenters. The molecule has 88 valence electrons. The van der Waals surface area contributed by atoms with E-state index in [1.807, 2.05) is 11.8 Å². The van der Waals surface area contributed by atoms with E-state index >= 15 is 0 Å². The maximum Gasteiger partial charge on any atom is 0.303 e. The fourth-order valence-electron chi connectivity index (χ4n) is 1.84. The number of aliphatic carboxylic acids is 1. The smallest absolute Gasteiger partial charge is 0.303 e. The Hall–Kier alpha value is -0.180. The highest BCUT2D eigenvalue weighted by Gasteiger charge is 2.44. The molecule has 0 aromatic carbocycles. The van der Waals surface area contributed by atoms with E-state index in [0.717, 1.165) is 24.5 Å². The van der Waals surface area contributed by atoms with Gasteiger partial charge in [-0.2, -0.15) is 11.8 Å². The summed E-state index contributed by atoms with van der Waals surface area (Å²) in [5.41, 5.74) is 0.169. The number of carbonyl (C=O) groups is 1.